The van der Waals surface area contributed by atoms with Crippen LogP contribution in [-0.4, -0.2) is 16.1 Å². The van der Waals surface area contributed by atoms with E-state index in [1.807, 2.05) is 6.07 Å². The van der Waals surface area contributed by atoms with E-state index in [1.165, 1.54) is 29.0 Å². The van der Waals surface area contributed by atoms with Crippen LogP contribution in [0.2, 0.25) is 5.02 Å². The number of fused-ring (bicyclic) bond motifs is 1. The van der Waals surface area contributed by atoms with E-state index in [2.05, 4.69) is 29.4 Å². The van der Waals surface area contributed by atoms with E-state index < -0.39 is 5.97 Å². The summed E-state index contributed by atoms with van der Waals surface area (Å²) in [6.45, 7) is 2.11. The number of carbonyl (C=O) groups is 1. The van der Waals surface area contributed by atoms with Crippen molar-refractivity contribution < 1.29 is 9.90 Å². The molecule has 0 fully saturated rings. The largest absolute Gasteiger partial charge is 0.478 e. The second kappa shape index (κ2) is 5.94. The van der Waals surface area contributed by atoms with Crippen molar-refractivity contribution in [1.82, 2.24) is 4.98 Å². The number of benzene rings is 2. The van der Waals surface area contributed by atoms with Gasteiger partial charge in [-0.3, -0.25) is 0 Å². The molecule has 0 bridgehead atoms. The van der Waals surface area contributed by atoms with Crippen LogP contribution in [0.25, 0.3) is 10.2 Å². The molecule has 0 saturated carbocycles. The molecular formula is C16H13ClN2O2S. The van der Waals surface area contributed by atoms with Crippen LogP contribution in [0.15, 0.2) is 36.4 Å². The molecule has 3 aromatic rings. The van der Waals surface area contributed by atoms with Gasteiger partial charge in [-0.25, -0.2) is 9.78 Å². The Kier molecular flexibility index (Phi) is 4.00. The first-order valence-corrected chi connectivity index (χ1v) is 7.95. The number of carboxylic acid groups (broad SMARTS) is 1. The summed E-state index contributed by atoms with van der Waals surface area (Å²) in [6.07, 6.45) is 0.975. The summed E-state index contributed by atoms with van der Waals surface area (Å²) in [5, 5.41) is 13.3. The molecule has 0 unspecified atom stereocenters. The Morgan fingerprint density at radius 2 is 2.14 bits per heavy atom. The Morgan fingerprint density at radius 3 is 2.86 bits per heavy atom. The number of aromatic carboxylic acids is 1. The van der Waals surface area contributed by atoms with Crippen LogP contribution in [0.3, 0.4) is 0 Å². The molecule has 0 amide bonds. The van der Waals surface area contributed by atoms with Crippen molar-refractivity contribution in [1.29, 1.82) is 0 Å². The van der Waals surface area contributed by atoms with Crippen molar-refractivity contribution in [2.45, 2.75) is 13.3 Å². The summed E-state index contributed by atoms with van der Waals surface area (Å²) in [5.74, 6) is -0.989. The number of aromatic nitrogens is 1. The van der Waals surface area contributed by atoms with Gasteiger partial charge < -0.3 is 10.4 Å². The molecule has 0 saturated heterocycles. The van der Waals surface area contributed by atoms with Crippen LogP contribution < -0.4 is 5.32 Å². The lowest BCUT2D eigenvalue weighted by molar-refractivity contribution is 0.0697. The van der Waals surface area contributed by atoms with Gasteiger partial charge in [-0.15, -0.1) is 0 Å². The maximum atomic E-state index is 11.0. The first-order valence-electron chi connectivity index (χ1n) is 6.76. The monoisotopic (exact) mass is 332 g/mol. The van der Waals surface area contributed by atoms with Crippen molar-refractivity contribution >= 4 is 49.9 Å². The lowest BCUT2D eigenvalue weighted by Crippen LogP contribution is -1.98. The van der Waals surface area contributed by atoms with E-state index in [0.29, 0.717) is 15.8 Å². The van der Waals surface area contributed by atoms with Gasteiger partial charge in [0.1, 0.15) is 0 Å². The molecule has 3 rings (SSSR count). The van der Waals surface area contributed by atoms with Gasteiger partial charge in [0, 0.05) is 0 Å². The number of hydrogen-bond donors (Lipinski definition) is 2. The number of carboxylic acids is 1. The number of anilines is 2. The summed E-state index contributed by atoms with van der Waals surface area (Å²) < 4.78 is 1.09. The average Bonchev–Trinajstić information content (AvgIpc) is 2.90. The SMILES string of the molecule is CCc1ccc2nc(Nc3cc(C(=O)O)ccc3Cl)sc2c1. The molecule has 0 aliphatic carbocycles. The molecule has 22 heavy (non-hydrogen) atoms. The summed E-state index contributed by atoms with van der Waals surface area (Å²) >= 11 is 7.63. The predicted octanol–water partition coefficient (Wildman–Crippen LogP) is 4.95. The van der Waals surface area contributed by atoms with Crippen molar-refractivity contribution in [2.75, 3.05) is 5.32 Å². The molecule has 0 radical (unpaired) electrons. The third-order valence-electron chi connectivity index (χ3n) is 3.32. The number of halogens is 1. The number of nitrogens with zero attached hydrogens (tertiary/aromatic N) is 1. The van der Waals surface area contributed by atoms with Crippen LogP contribution in [0.1, 0.15) is 22.8 Å². The highest BCUT2D eigenvalue weighted by Gasteiger charge is 2.10. The standard InChI is InChI=1S/C16H13ClN2O2S/c1-2-9-3-6-12-14(7-9)22-16(18-12)19-13-8-10(15(20)21)4-5-11(13)17/h3-8H,2H2,1H3,(H,18,19)(H,20,21). The topological polar surface area (TPSA) is 62.2 Å². The van der Waals surface area contributed by atoms with Crippen molar-refractivity contribution in [3.8, 4) is 0 Å². The molecule has 1 aromatic heterocycles. The zero-order valence-corrected chi connectivity index (χ0v) is 13.3. The Labute approximate surface area is 136 Å². The van der Waals surface area contributed by atoms with Gasteiger partial charge in [0.2, 0.25) is 0 Å². The lowest BCUT2D eigenvalue weighted by atomic mass is 10.2. The number of aryl methyl sites for hydroxylation is 1. The molecule has 112 valence electrons. The zero-order valence-electron chi connectivity index (χ0n) is 11.8. The maximum Gasteiger partial charge on any atom is 0.335 e. The lowest BCUT2D eigenvalue weighted by Gasteiger charge is -2.06. The quantitative estimate of drug-likeness (QED) is 0.709. The minimum atomic E-state index is -0.989. The van der Waals surface area contributed by atoms with Crippen LogP contribution in [0.4, 0.5) is 10.8 Å². The highest BCUT2D eigenvalue weighted by atomic mass is 35.5. The predicted molar refractivity (Wildman–Crippen MR) is 90.7 cm³/mol. The second-order valence-electron chi connectivity index (χ2n) is 4.80. The minimum Gasteiger partial charge on any atom is -0.478 e. The Bertz CT molecular complexity index is 860. The molecule has 6 heteroatoms. The van der Waals surface area contributed by atoms with Crippen LogP contribution in [-0.2, 0) is 6.42 Å². The molecule has 1 heterocycles. The van der Waals surface area contributed by atoms with Gasteiger partial charge in [-0.2, -0.15) is 0 Å². The second-order valence-corrected chi connectivity index (χ2v) is 6.24. The third kappa shape index (κ3) is 2.91. The summed E-state index contributed by atoms with van der Waals surface area (Å²) in [7, 11) is 0. The van der Waals surface area contributed by atoms with E-state index in [0.717, 1.165) is 16.6 Å². The smallest absolute Gasteiger partial charge is 0.335 e. The third-order valence-corrected chi connectivity index (χ3v) is 4.58. The fourth-order valence-electron chi connectivity index (χ4n) is 2.11. The van der Waals surface area contributed by atoms with Crippen LogP contribution in [0, 0.1) is 0 Å². The van der Waals surface area contributed by atoms with Crippen molar-refractivity contribution in [3.05, 3.63) is 52.5 Å². The molecule has 0 spiro atoms. The van der Waals surface area contributed by atoms with Gasteiger partial charge in [0.05, 0.1) is 26.5 Å². The molecule has 2 N–H and O–H groups in total. The fourth-order valence-corrected chi connectivity index (χ4v) is 3.22. The molecule has 0 aliphatic heterocycles. The minimum absolute atomic E-state index is 0.182. The van der Waals surface area contributed by atoms with Gasteiger partial charge >= 0.3 is 5.97 Å². The molecule has 0 aliphatic rings. The first kappa shape index (κ1) is 14.8. The Hall–Kier alpha value is -2.11. The molecule has 0 atom stereocenters. The van der Waals surface area contributed by atoms with Crippen molar-refractivity contribution in [2.24, 2.45) is 0 Å². The molecule has 4 nitrogen and oxygen atoms in total. The maximum absolute atomic E-state index is 11.0. The van der Waals surface area contributed by atoms with Gasteiger partial charge in [-0.1, -0.05) is 35.9 Å². The zero-order chi connectivity index (χ0) is 15.7. The molecular weight excluding hydrogens is 320 g/mol. The summed E-state index contributed by atoms with van der Waals surface area (Å²) in [5.41, 5.74) is 2.89. The Morgan fingerprint density at radius 1 is 1.32 bits per heavy atom. The van der Waals surface area contributed by atoms with Crippen molar-refractivity contribution in [3.63, 3.8) is 0 Å². The highest BCUT2D eigenvalue weighted by Crippen LogP contribution is 2.32. The van der Waals surface area contributed by atoms with Gasteiger partial charge in [0.25, 0.3) is 0 Å². The van der Waals surface area contributed by atoms with Gasteiger partial charge in [0.15, 0.2) is 5.13 Å². The number of thiazole rings is 1. The Balaban J connectivity index is 1.96. The summed E-state index contributed by atoms with van der Waals surface area (Å²) in [6, 6.07) is 10.7. The van der Waals surface area contributed by atoms with E-state index in [-0.39, 0.29) is 5.56 Å². The van der Waals surface area contributed by atoms with E-state index >= 15 is 0 Å². The summed E-state index contributed by atoms with van der Waals surface area (Å²) in [4.78, 5) is 15.5. The normalized spacial score (nSPS) is 10.8. The van der Waals surface area contributed by atoms with Crippen LogP contribution >= 0.6 is 22.9 Å². The number of rotatable bonds is 4. The van der Waals surface area contributed by atoms with Crippen LogP contribution in [0.5, 0.6) is 0 Å². The van der Waals surface area contributed by atoms with Gasteiger partial charge in [-0.05, 0) is 42.3 Å². The highest BCUT2D eigenvalue weighted by molar-refractivity contribution is 7.22. The van der Waals surface area contributed by atoms with E-state index in [4.69, 9.17) is 16.7 Å². The number of nitrogens with one attached hydrogen (secondary N) is 1. The van der Waals surface area contributed by atoms with E-state index in [9.17, 15) is 4.79 Å². The fraction of sp³-hybridized carbons (Fsp3) is 0.125. The van der Waals surface area contributed by atoms with E-state index in [1.54, 1.807) is 6.07 Å². The average molecular weight is 333 g/mol. The first-order chi connectivity index (χ1) is 10.6. The number of hydrogen-bond acceptors (Lipinski definition) is 4. The molecule has 2 aromatic carbocycles.